The first-order valence-corrected chi connectivity index (χ1v) is 11.6. The van der Waals surface area contributed by atoms with Gasteiger partial charge >= 0.3 is 0 Å². The van der Waals surface area contributed by atoms with Gasteiger partial charge in [0.25, 0.3) is 5.91 Å². The second-order valence-electron chi connectivity index (χ2n) is 8.57. The molecule has 3 aromatic carbocycles. The molecule has 0 fully saturated rings. The molecule has 1 aliphatic rings. The fourth-order valence-electron chi connectivity index (χ4n) is 3.81. The Bertz CT molecular complexity index is 1140. The summed E-state index contributed by atoms with van der Waals surface area (Å²) < 4.78 is 11.4. The molecule has 0 atom stereocenters. The van der Waals surface area contributed by atoms with E-state index in [1.54, 1.807) is 23.1 Å². The molecule has 0 unspecified atom stereocenters. The van der Waals surface area contributed by atoms with E-state index < -0.39 is 0 Å². The van der Waals surface area contributed by atoms with Crippen molar-refractivity contribution in [3.63, 3.8) is 0 Å². The second-order valence-corrected chi connectivity index (χ2v) is 8.57. The smallest absolute Gasteiger partial charge is 0.265 e. The highest BCUT2D eigenvalue weighted by molar-refractivity contribution is 5.99. The van der Waals surface area contributed by atoms with Crippen molar-refractivity contribution >= 4 is 23.2 Å². The van der Waals surface area contributed by atoms with Gasteiger partial charge in [-0.15, -0.1) is 0 Å². The first-order chi connectivity index (χ1) is 16.5. The average Bonchev–Trinajstić information content (AvgIpc) is 2.83. The van der Waals surface area contributed by atoms with Crippen molar-refractivity contribution in [2.24, 2.45) is 0 Å². The Morgan fingerprint density at radius 2 is 1.71 bits per heavy atom. The zero-order chi connectivity index (χ0) is 23.9. The predicted molar refractivity (Wildman–Crippen MR) is 134 cm³/mol. The van der Waals surface area contributed by atoms with E-state index in [1.165, 1.54) is 11.1 Å². The van der Waals surface area contributed by atoms with Gasteiger partial charge in [-0.2, -0.15) is 0 Å². The minimum Gasteiger partial charge on any atom is -0.494 e. The van der Waals surface area contributed by atoms with Crippen molar-refractivity contribution < 1.29 is 19.1 Å². The van der Waals surface area contributed by atoms with E-state index in [0.717, 1.165) is 11.3 Å². The number of nitrogens with one attached hydrogen (secondary N) is 1. The number of carbonyl (C=O) groups excluding carboxylic acids is 2. The van der Waals surface area contributed by atoms with Crippen LogP contribution in [0.3, 0.4) is 0 Å². The summed E-state index contributed by atoms with van der Waals surface area (Å²) in [5.41, 5.74) is 4.82. The zero-order valence-electron chi connectivity index (χ0n) is 19.7. The molecule has 34 heavy (non-hydrogen) atoms. The number of nitrogens with zero attached hydrogens (tertiary/aromatic N) is 1. The number of hydrogen-bond acceptors (Lipinski definition) is 4. The van der Waals surface area contributed by atoms with Crippen molar-refractivity contribution in [1.29, 1.82) is 0 Å². The van der Waals surface area contributed by atoms with Crippen LogP contribution in [0, 0.1) is 13.8 Å². The molecule has 0 aromatic heterocycles. The Labute approximate surface area is 200 Å². The quantitative estimate of drug-likeness (QED) is 0.455. The third-order valence-electron chi connectivity index (χ3n) is 5.76. The third-order valence-corrected chi connectivity index (χ3v) is 5.76. The SMILES string of the molecule is Cc1ccc(CCC(=O)Nc2ccc3c(c2)N(CCCOc2ccc(C)cc2)C(=O)CO3)cc1. The number of hydrogen-bond donors (Lipinski definition) is 1. The van der Waals surface area contributed by atoms with Gasteiger partial charge in [0.1, 0.15) is 11.5 Å². The minimum absolute atomic E-state index is 0.00801. The maximum Gasteiger partial charge on any atom is 0.265 e. The Hall–Kier alpha value is -3.80. The summed E-state index contributed by atoms with van der Waals surface area (Å²) >= 11 is 0. The number of ether oxygens (including phenoxy) is 2. The summed E-state index contributed by atoms with van der Waals surface area (Å²) in [6, 6.07) is 21.5. The summed E-state index contributed by atoms with van der Waals surface area (Å²) in [7, 11) is 0. The molecule has 0 saturated heterocycles. The van der Waals surface area contributed by atoms with Gasteiger partial charge in [-0.05, 0) is 62.6 Å². The number of rotatable bonds is 9. The highest BCUT2D eigenvalue weighted by atomic mass is 16.5. The number of anilines is 2. The fourth-order valence-corrected chi connectivity index (χ4v) is 3.81. The molecule has 6 nitrogen and oxygen atoms in total. The van der Waals surface area contributed by atoms with E-state index in [0.29, 0.717) is 49.5 Å². The van der Waals surface area contributed by atoms with Gasteiger partial charge in [0.05, 0.1) is 12.3 Å². The monoisotopic (exact) mass is 458 g/mol. The maximum absolute atomic E-state index is 12.5. The predicted octanol–water partition coefficient (Wildman–Crippen LogP) is 5.07. The average molecular weight is 459 g/mol. The summed E-state index contributed by atoms with van der Waals surface area (Å²) in [4.78, 5) is 26.7. The lowest BCUT2D eigenvalue weighted by molar-refractivity contribution is -0.121. The maximum atomic E-state index is 12.5. The van der Waals surface area contributed by atoms with E-state index in [4.69, 9.17) is 9.47 Å². The summed E-state index contributed by atoms with van der Waals surface area (Å²) in [5.74, 6) is 1.28. The summed E-state index contributed by atoms with van der Waals surface area (Å²) in [6.07, 6.45) is 1.73. The second kappa shape index (κ2) is 10.9. The van der Waals surface area contributed by atoms with Crippen molar-refractivity contribution in [1.82, 2.24) is 0 Å². The van der Waals surface area contributed by atoms with Crippen molar-refractivity contribution in [2.45, 2.75) is 33.1 Å². The molecule has 2 amide bonds. The van der Waals surface area contributed by atoms with Crippen molar-refractivity contribution in [3.05, 3.63) is 83.4 Å². The van der Waals surface area contributed by atoms with Gasteiger partial charge in [-0.1, -0.05) is 47.5 Å². The van der Waals surface area contributed by atoms with Crippen LogP contribution in [-0.4, -0.2) is 31.6 Å². The molecule has 4 rings (SSSR count). The first-order valence-electron chi connectivity index (χ1n) is 11.6. The highest BCUT2D eigenvalue weighted by Crippen LogP contribution is 2.34. The molecular formula is C28H30N2O4. The fraction of sp³-hybridized carbons (Fsp3) is 0.286. The lowest BCUT2D eigenvalue weighted by Gasteiger charge is -2.30. The van der Waals surface area contributed by atoms with Crippen molar-refractivity contribution in [3.8, 4) is 11.5 Å². The molecule has 0 radical (unpaired) electrons. The molecule has 0 saturated carbocycles. The van der Waals surface area contributed by atoms with Crippen LogP contribution < -0.4 is 19.7 Å². The summed E-state index contributed by atoms with van der Waals surface area (Å²) in [6.45, 7) is 5.09. The van der Waals surface area contributed by atoms with Crippen LogP contribution in [0.4, 0.5) is 11.4 Å². The van der Waals surface area contributed by atoms with Crippen LogP contribution in [0.1, 0.15) is 29.5 Å². The van der Waals surface area contributed by atoms with Gasteiger partial charge in [-0.25, -0.2) is 0 Å². The van der Waals surface area contributed by atoms with Crippen LogP contribution in [-0.2, 0) is 16.0 Å². The molecule has 0 spiro atoms. The minimum atomic E-state index is -0.106. The number of carbonyl (C=O) groups is 2. The Morgan fingerprint density at radius 3 is 2.44 bits per heavy atom. The molecule has 1 heterocycles. The van der Waals surface area contributed by atoms with Crippen LogP contribution in [0.25, 0.3) is 0 Å². The molecule has 6 heteroatoms. The van der Waals surface area contributed by atoms with E-state index in [-0.39, 0.29) is 18.4 Å². The normalized spacial score (nSPS) is 12.6. The summed E-state index contributed by atoms with van der Waals surface area (Å²) in [5, 5.41) is 2.95. The first kappa shape index (κ1) is 23.4. The molecule has 3 aromatic rings. The molecule has 0 bridgehead atoms. The van der Waals surface area contributed by atoms with E-state index in [9.17, 15) is 9.59 Å². The number of aryl methyl sites for hydroxylation is 3. The van der Waals surface area contributed by atoms with Gasteiger partial charge in [0, 0.05) is 18.7 Å². The van der Waals surface area contributed by atoms with Gasteiger partial charge in [0.2, 0.25) is 5.91 Å². The van der Waals surface area contributed by atoms with Gasteiger partial charge in [-0.3, -0.25) is 9.59 Å². The third kappa shape index (κ3) is 6.16. The van der Waals surface area contributed by atoms with Crippen LogP contribution in [0.5, 0.6) is 11.5 Å². The number of fused-ring (bicyclic) bond motifs is 1. The van der Waals surface area contributed by atoms with Crippen LogP contribution >= 0.6 is 0 Å². The molecular weight excluding hydrogens is 428 g/mol. The lowest BCUT2D eigenvalue weighted by Crippen LogP contribution is -2.39. The molecule has 1 aliphatic heterocycles. The number of amides is 2. The Balaban J connectivity index is 1.33. The topological polar surface area (TPSA) is 67.9 Å². The van der Waals surface area contributed by atoms with Gasteiger partial charge < -0.3 is 19.7 Å². The van der Waals surface area contributed by atoms with Crippen LogP contribution in [0.15, 0.2) is 66.7 Å². The zero-order valence-corrected chi connectivity index (χ0v) is 19.7. The van der Waals surface area contributed by atoms with E-state index >= 15 is 0 Å². The van der Waals surface area contributed by atoms with Crippen LogP contribution in [0.2, 0.25) is 0 Å². The van der Waals surface area contributed by atoms with E-state index in [2.05, 4.69) is 5.32 Å². The largest absolute Gasteiger partial charge is 0.494 e. The highest BCUT2D eigenvalue weighted by Gasteiger charge is 2.25. The standard InChI is InChI=1S/C28H30N2O4/c1-20-4-8-22(9-5-20)10-15-27(31)29-23-11-14-26-25(18-23)30(28(32)19-34-26)16-3-17-33-24-12-6-21(2)7-13-24/h4-9,11-14,18H,3,10,15-17,19H2,1-2H3,(H,29,31). The molecule has 0 aliphatic carbocycles. The van der Waals surface area contributed by atoms with E-state index in [1.807, 2.05) is 62.4 Å². The lowest BCUT2D eigenvalue weighted by atomic mass is 10.1. The molecule has 1 N–H and O–H groups in total. The number of benzene rings is 3. The van der Waals surface area contributed by atoms with Gasteiger partial charge in [0.15, 0.2) is 6.61 Å². The Morgan fingerprint density at radius 1 is 1.00 bits per heavy atom. The van der Waals surface area contributed by atoms with Crippen molar-refractivity contribution in [2.75, 3.05) is 30.0 Å². The Kier molecular flexibility index (Phi) is 7.48. The molecule has 176 valence electrons.